The molecule has 27 heavy (non-hydrogen) atoms. The third-order valence-corrected chi connectivity index (χ3v) is 6.82. The number of rotatable bonds is 4. The minimum atomic E-state index is 0.104. The first-order valence-electron chi connectivity index (χ1n) is 10.6. The molecule has 5 heteroatoms. The highest BCUT2D eigenvalue weighted by atomic mass is 35.5. The van der Waals surface area contributed by atoms with E-state index in [1.165, 1.54) is 38.5 Å². The van der Waals surface area contributed by atoms with Crippen LogP contribution in [-0.2, 0) is 6.54 Å². The molecular formula is C22H30ClN3O. The summed E-state index contributed by atoms with van der Waals surface area (Å²) < 4.78 is 2.01. The summed E-state index contributed by atoms with van der Waals surface area (Å²) in [6, 6.07) is 5.46. The lowest BCUT2D eigenvalue weighted by molar-refractivity contribution is 0.241. The van der Waals surface area contributed by atoms with Crippen molar-refractivity contribution >= 4 is 22.5 Å². The number of hydrogen-bond donors (Lipinski definition) is 1. The fraction of sp³-hybridized carbons (Fsp3) is 0.636. The fourth-order valence-electron chi connectivity index (χ4n) is 5.10. The molecule has 4 nitrogen and oxygen atoms in total. The van der Waals surface area contributed by atoms with Crippen LogP contribution in [0.4, 0.5) is 0 Å². The van der Waals surface area contributed by atoms with Crippen LogP contribution in [0.25, 0.3) is 10.9 Å². The van der Waals surface area contributed by atoms with E-state index in [0.717, 1.165) is 43.7 Å². The number of halogens is 1. The van der Waals surface area contributed by atoms with Crippen molar-refractivity contribution in [3.63, 3.8) is 0 Å². The maximum atomic E-state index is 13.4. The van der Waals surface area contributed by atoms with Gasteiger partial charge in [0.2, 0.25) is 0 Å². The standard InChI is InChI=1S/C22H30ClN3O/c23-18-9-10-19-20(12-18)25-21(17-7-2-1-3-8-17)26(22(19)27)14-16-6-4-5-15(11-16)13-24/h9-10,12,15-17H,1-8,11,13-14,24H2. The quantitative estimate of drug-likeness (QED) is 0.814. The molecule has 146 valence electrons. The summed E-state index contributed by atoms with van der Waals surface area (Å²) in [5.41, 5.74) is 6.78. The van der Waals surface area contributed by atoms with Crippen molar-refractivity contribution in [1.29, 1.82) is 0 Å². The van der Waals surface area contributed by atoms with Gasteiger partial charge < -0.3 is 5.73 Å². The van der Waals surface area contributed by atoms with Gasteiger partial charge in [0.25, 0.3) is 5.56 Å². The molecule has 0 bridgehead atoms. The summed E-state index contributed by atoms with van der Waals surface area (Å²) in [5.74, 6) is 2.51. The Morgan fingerprint density at radius 1 is 1.07 bits per heavy atom. The van der Waals surface area contributed by atoms with E-state index >= 15 is 0 Å². The van der Waals surface area contributed by atoms with Crippen LogP contribution >= 0.6 is 11.6 Å². The molecule has 0 radical (unpaired) electrons. The summed E-state index contributed by atoms with van der Waals surface area (Å²) in [5, 5.41) is 1.32. The van der Waals surface area contributed by atoms with Gasteiger partial charge in [0, 0.05) is 17.5 Å². The van der Waals surface area contributed by atoms with E-state index in [1.807, 2.05) is 16.7 Å². The largest absolute Gasteiger partial charge is 0.330 e. The SMILES string of the molecule is NCC1CCCC(Cn2c(C3CCCCC3)nc3cc(Cl)ccc3c2=O)C1. The average molecular weight is 388 g/mol. The van der Waals surface area contributed by atoms with Gasteiger partial charge >= 0.3 is 0 Å². The molecule has 2 aliphatic rings. The second kappa shape index (κ2) is 8.32. The lowest BCUT2D eigenvalue weighted by Crippen LogP contribution is -2.33. The Labute approximate surface area is 166 Å². The molecule has 2 N–H and O–H groups in total. The van der Waals surface area contributed by atoms with Crippen molar-refractivity contribution in [2.24, 2.45) is 17.6 Å². The maximum Gasteiger partial charge on any atom is 0.261 e. The van der Waals surface area contributed by atoms with Gasteiger partial charge in [-0.1, -0.05) is 37.3 Å². The van der Waals surface area contributed by atoms with Gasteiger partial charge in [0.1, 0.15) is 5.82 Å². The third-order valence-electron chi connectivity index (χ3n) is 6.58. The number of fused-ring (bicyclic) bond motifs is 1. The van der Waals surface area contributed by atoms with E-state index in [2.05, 4.69) is 0 Å². The molecule has 2 atom stereocenters. The highest BCUT2D eigenvalue weighted by Gasteiger charge is 2.26. The highest BCUT2D eigenvalue weighted by molar-refractivity contribution is 6.31. The Kier molecular flexibility index (Phi) is 5.84. The van der Waals surface area contributed by atoms with Crippen LogP contribution in [0, 0.1) is 11.8 Å². The van der Waals surface area contributed by atoms with Crippen LogP contribution in [0.2, 0.25) is 5.02 Å². The molecular weight excluding hydrogens is 358 g/mol. The van der Waals surface area contributed by atoms with Crippen molar-refractivity contribution in [2.75, 3.05) is 6.54 Å². The maximum absolute atomic E-state index is 13.4. The summed E-state index contributed by atoms with van der Waals surface area (Å²) in [7, 11) is 0. The molecule has 1 aromatic carbocycles. The van der Waals surface area contributed by atoms with Crippen molar-refractivity contribution < 1.29 is 0 Å². The molecule has 2 unspecified atom stereocenters. The summed E-state index contributed by atoms with van der Waals surface area (Å²) >= 11 is 6.18. The lowest BCUT2D eigenvalue weighted by Gasteiger charge is -2.31. The normalized spacial score (nSPS) is 24.4. The topological polar surface area (TPSA) is 60.9 Å². The minimum Gasteiger partial charge on any atom is -0.330 e. The second-order valence-electron chi connectivity index (χ2n) is 8.52. The molecule has 0 amide bonds. The molecule has 2 saturated carbocycles. The predicted octanol–water partition coefficient (Wildman–Crippen LogP) is 4.86. The van der Waals surface area contributed by atoms with E-state index in [-0.39, 0.29) is 5.56 Å². The molecule has 1 aromatic heterocycles. The molecule has 0 spiro atoms. The van der Waals surface area contributed by atoms with Gasteiger partial charge in [0.05, 0.1) is 10.9 Å². The van der Waals surface area contributed by atoms with Crippen LogP contribution in [0.15, 0.2) is 23.0 Å². The fourth-order valence-corrected chi connectivity index (χ4v) is 5.27. The van der Waals surface area contributed by atoms with Gasteiger partial charge in [-0.2, -0.15) is 0 Å². The molecule has 0 saturated heterocycles. The van der Waals surface area contributed by atoms with Crippen LogP contribution in [-0.4, -0.2) is 16.1 Å². The Morgan fingerprint density at radius 3 is 2.63 bits per heavy atom. The Hall–Kier alpha value is -1.39. The molecule has 4 rings (SSSR count). The van der Waals surface area contributed by atoms with Gasteiger partial charge in [0.15, 0.2) is 0 Å². The zero-order valence-corrected chi connectivity index (χ0v) is 16.8. The van der Waals surface area contributed by atoms with Crippen molar-refractivity contribution in [2.45, 2.75) is 70.3 Å². The third kappa shape index (κ3) is 4.07. The van der Waals surface area contributed by atoms with Gasteiger partial charge in [-0.15, -0.1) is 0 Å². The minimum absolute atomic E-state index is 0.104. The first-order chi connectivity index (χ1) is 13.2. The number of hydrogen-bond acceptors (Lipinski definition) is 3. The van der Waals surface area contributed by atoms with E-state index in [4.69, 9.17) is 22.3 Å². The lowest BCUT2D eigenvalue weighted by atomic mass is 9.81. The zero-order chi connectivity index (χ0) is 18.8. The van der Waals surface area contributed by atoms with Gasteiger partial charge in [-0.25, -0.2) is 4.98 Å². The zero-order valence-electron chi connectivity index (χ0n) is 16.0. The van der Waals surface area contributed by atoms with Crippen molar-refractivity contribution in [3.8, 4) is 0 Å². The van der Waals surface area contributed by atoms with Crippen LogP contribution in [0.3, 0.4) is 0 Å². The molecule has 0 aliphatic heterocycles. The second-order valence-corrected chi connectivity index (χ2v) is 8.95. The molecule has 2 aliphatic carbocycles. The number of nitrogens with zero attached hydrogens (tertiary/aromatic N) is 2. The molecule has 2 aromatic rings. The van der Waals surface area contributed by atoms with Crippen molar-refractivity contribution in [3.05, 3.63) is 39.4 Å². The molecule has 1 heterocycles. The van der Waals surface area contributed by atoms with Gasteiger partial charge in [-0.05, 0) is 68.7 Å². The van der Waals surface area contributed by atoms with Crippen LogP contribution in [0.5, 0.6) is 0 Å². The number of benzene rings is 1. The summed E-state index contributed by atoms with van der Waals surface area (Å²) in [6.07, 6.45) is 10.8. The van der Waals surface area contributed by atoms with Crippen molar-refractivity contribution in [1.82, 2.24) is 9.55 Å². The van der Waals surface area contributed by atoms with Crippen LogP contribution in [0.1, 0.15) is 69.5 Å². The Morgan fingerprint density at radius 2 is 1.85 bits per heavy atom. The van der Waals surface area contributed by atoms with Gasteiger partial charge in [-0.3, -0.25) is 9.36 Å². The van der Waals surface area contributed by atoms with E-state index in [0.29, 0.717) is 28.2 Å². The highest BCUT2D eigenvalue weighted by Crippen LogP contribution is 2.34. The summed E-state index contributed by atoms with van der Waals surface area (Å²) in [6.45, 7) is 1.54. The monoisotopic (exact) mass is 387 g/mol. The Bertz CT molecular complexity index is 856. The van der Waals surface area contributed by atoms with E-state index < -0.39 is 0 Å². The number of aromatic nitrogens is 2. The smallest absolute Gasteiger partial charge is 0.261 e. The Balaban J connectivity index is 1.75. The van der Waals surface area contributed by atoms with E-state index in [9.17, 15) is 4.79 Å². The average Bonchev–Trinajstić information content (AvgIpc) is 2.70. The van der Waals surface area contributed by atoms with Crippen LogP contribution < -0.4 is 11.3 Å². The number of nitrogens with two attached hydrogens (primary N) is 1. The molecule has 2 fully saturated rings. The summed E-state index contributed by atoms with van der Waals surface area (Å²) in [4.78, 5) is 18.4. The first kappa shape index (κ1) is 18.9. The predicted molar refractivity (Wildman–Crippen MR) is 111 cm³/mol. The van der Waals surface area contributed by atoms with E-state index in [1.54, 1.807) is 6.07 Å². The first-order valence-corrected chi connectivity index (χ1v) is 10.9.